The van der Waals surface area contributed by atoms with Crippen LogP contribution in [-0.2, 0) is 5.33 Å². The van der Waals surface area contributed by atoms with Crippen molar-refractivity contribution in [2.45, 2.75) is 37.6 Å². The second-order valence-electron chi connectivity index (χ2n) is 5.90. The summed E-state index contributed by atoms with van der Waals surface area (Å²) in [5, 5.41) is 0.953. The standard InChI is InChI=1S/C16H23BrN2/c1-13-4-5-16(14(10-13)11-17)19-9-6-15(12-19)18-7-2-3-8-18/h4-5,10,15H,2-3,6-9,11-12H2,1H3. The number of aryl methyl sites for hydroxylation is 1. The van der Waals surface area contributed by atoms with Crippen LogP contribution in [-0.4, -0.2) is 37.1 Å². The van der Waals surface area contributed by atoms with Crippen LogP contribution in [0.25, 0.3) is 0 Å². The molecule has 1 aromatic carbocycles. The van der Waals surface area contributed by atoms with Gasteiger partial charge in [0.25, 0.3) is 0 Å². The lowest BCUT2D eigenvalue weighted by Gasteiger charge is -2.25. The van der Waals surface area contributed by atoms with E-state index in [1.54, 1.807) is 0 Å². The Balaban J connectivity index is 1.73. The molecule has 0 amide bonds. The summed E-state index contributed by atoms with van der Waals surface area (Å²) in [6, 6.07) is 7.64. The van der Waals surface area contributed by atoms with Gasteiger partial charge in [0.1, 0.15) is 0 Å². The lowest BCUT2D eigenvalue weighted by molar-refractivity contribution is 0.260. The highest BCUT2D eigenvalue weighted by Crippen LogP contribution is 2.29. The van der Waals surface area contributed by atoms with Gasteiger partial charge in [-0.1, -0.05) is 33.6 Å². The molecule has 19 heavy (non-hydrogen) atoms. The minimum atomic E-state index is 0.784. The molecule has 0 spiro atoms. The van der Waals surface area contributed by atoms with Gasteiger partial charge in [-0.2, -0.15) is 0 Å². The molecule has 2 heterocycles. The van der Waals surface area contributed by atoms with E-state index in [0.29, 0.717) is 0 Å². The highest BCUT2D eigenvalue weighted by atomic mass is 79.9. The summed E-state index contributed by atoms with van der Waals surface area (Å²) in [4.78, 5) is 5.28. The van der Waals surface area contributed by atoms with Crippen molar-refractivity contribution in [3.8, 4) is 0 Å². The maximum atomic E-state index is 3.63. The van der Waals surface area contributed by atoms with E-state index in [-0.39, 0.29) is 0 Å². The third kappa shape index (κ3) is 2.82. The molecule has 0 aliphatic carbocycles. The number of benzene rings is 1. The number of anilines is 1. The molecule has 2 saturated heterocycles. The van der Waals surface area contributed by atoms with Gasteiger partial charge in [0.05, 0.1) is 0 Å². The summed E-state index contributed by atoms with van der Waals surface area (Å²) >= 11 is 3.63. The molecule has 0 bridgehead atoms. The van der Waals surface area contributed by atoms with Crippen LogP contribution in [0.2, 0.25) is 0 Å². The molecular weight excluding hydrogens is 300 g/mol. The zero-order chi connectivity index (χ0) is 13.2. The van der Waals surface area contributed by atoms with Crippen LogP contribution in [0.1, 0.15) is 30.4 Å². The first-order chi connectivity index (χ1) is 9.28. The Hall–Kier alpha value is -0.540. The van der Waals surface area contributed by atoms with Gasteiger partial charge in [-0.3, -0.25) is 4.90 Å². The van der Waals surface area contributed by atoms with Crippen molar-refractivity contribution < 1.29 is 0 Å². The second-order valence-corrected chi connectivity index (χ2v) is 6.46. The average Bonchev–Trinajstić information content (AvgIpc) is 3.09. The number of hydrogen-bond donors (Lipinski definition) is 0. The molecule has 0 saturated carbocycles. The molecule has 1 unspecified atom stereocenters. The topological polar surface area (TPSA) is 6.48 Å². The van der Waals surface area contributed by atoms with Gasteiger partial charge in [0.2, 0.25) is 0 Å². The van der Waals surface area contributed by atoms with Gasteiger partial charge in [-0.15, -0.1) is 0 Å². The summed E-state index contributed by atoms with van der Waals surface area (Å²) in [5.74, 6) is 0. The van der Waals surface area contributed by atoms with Gasteiger partial charge in [0.15, 0.2) is 0 Å². The van der Waals surface area contributed by atoms with E-state index in [9.17, 15) is 0 Å². The molecule has 3 rings (SSSR count). The van der Waals surface area contributed by atoms with Crippen LogP contribution < -0.4 is 4.90 Å². The summed E-state index contributed by atoms with van der Waals surface area (Å²) in [5.41, 5.74) is 4.22. The molecule has 3 heteroatoms. The van der Waals surface area contributed by atoms with Crippen LogP contribution in [0.15, 0.2) is 18.2 Å². The molecule has 104 valence electrons. The van der Waals surface area contributed by atoms with E-state index in [2.05, 4.69) is 50.9 Å². The zero-order valence-corrected chi connectivity index (χ0v) is 13.3. The average molecular weight is 323 g/mol. The molecule has 2 aliphatic rings. The van der Waals surface area contributed by atoms with E-state index >= 15 is 0 Å². The third-order valence-electron chi connectivity index (χ3n) is 4.54. The van der Waals surface area contributed by atoms with Crippen molar-refractivity contribution in [3.05, 3.63) is 29.3 Å². The molecule has 0 aromatic heterocycles. The molecule has 2 nitrogen and oxygen atoms in total. The van der Waals surface area contributed by atoms with Gasteiger partial charge >= 0.3 is 0 Å². The van der Waals surface area contributed by atoms with Crippen LogP contribution in [0.4, 0.5) is 5.69 Å². The molecule has 0 radical (unpaired) electrons. The van der Waals surface area contributed by atoms with Gasteiger partial charge < -0.3 is 4.90 Å². The van der Waals surface area contributed by atoms with Crippen LogP contribution in [0, 0.1) is 6.92 Å². The summed E-state index contributed by atoms with van der Waals surface area (Å²) < 4.78 is 0. The van der Waals surface area contributed by atoms with Crippen LogP contribution in [0.3, 0.4) is 0 Å². The number of alkyl halides is 1. The second kappa shape index (κ2) is 5.84. The maximum absolute atomic E-state index is 3.63. The molecule has 1 aromatic rings. The minimum Gasteiger partial charge on any atom is -0.370 e. The number of likely N-dealkylation sites (tertiary alicyclic amines) is 1. The maximum Gasteiger partial charge on any atom is 0.0408 e. The van der Waals surface area contributed by atoms with Crippen molar-refractivity contribution in [2.24, 2.45) is 0 Å². The highest BCUT2D eigenvalue weighted by molar-refractivity contribution is 9.08. The number of halogens is 1. The van der Waals surface area contributed by atoms with E-state index in [0.717, 1.165) is 11.4 Å². The quantitative estimate of drug-likeness (QED) is 0.785. The fourth-order valence-corrected chi connectivity index (χ4v) is 3.94. The van der Waals surface area contributed by atoms with E-state index in [1.165, 1.54) is 62.3 Å². The van der Waals surface area contributed by atoms with E-state index in [4.69, 9.17) is 0 Å². The predicted octanol–water partition coefficient (Wildman–Crippen LogP) is 3.56. The lowest BCUT2D eigenvalue weighted by Crippen LogP contribution is -2.35. The van der Waals surface area contributed by atoms with Gasteiger partial charge in [-0.05, 0) is 50.9 Å². The Kier molecular flexibility index (Phi) is 4.13. The summed E-state index contributed by atoms with van der Waals surface area (Å²) in [6.07, 6.45) is 4.12. The summed E-state index contributed by atoms with van der Waals surface area (Å²) in [6.45, 7) is 7.23. The van der Waals surface area contributed by atoms with E-state index < -0.39 is 0 Å². The fourth-order valence-electron chi connectivity index (χ4n) is 3.50. The van der Waals surface area contributed by atoms with Crippen molar-refractivity contribution in [1.82, 2.24) is 4.90 Å². The van der Waals surface area contributed by atoms with Crippen LogP contribution >= 0.6 is 15.9 Å². The SMILES string of the molecule is Cc1ccc(N2CCC(N3CCCC3)C2)c(CBr)c1. The first kappa shape index (κ1) is 13.4. The molecule has 1 atom stereocenters. The Labute approximate surface area is 124 Å². The monoisotopic (exact) mass is 322 g/mol. The first-order valence-electron chi connectivity index (χ1n) is 7.42. The zero-order valence-electron chi connectivity index (χ0n) is 11.7. The fraction of sp³-hybridized carbons (Fsp3) is 0.625. The predicted molar refractivity (Wildman–Crippen MR) is 85.2 cm³/mol. The number of hydrogen-bond acceptors (Lipinski definition) is 2. The Bertz CT molecular complexity index is 440. The van der Waals surface area contributed by atoms with Crippen molar-refractivity contribution in [2.75, 3.05) is 31.1 Å². The van der Waals surface area contributed by atoms with Crippen LogP contribution in [0.5, 0.6) is 0 Å². The first-order valence-corrected chi connectivity index (χ1v) is 8.54. The van der Waals surface area contributed by atoms with Crippen molar-refractivity contribution >= 4 is 21.6 Å². The van der Waals surface area contributed by atoms with Gasteiger partial charge in [-0.25, -0.2) is 0 Å². The van der Waals surface area contributed by atoms with Gasteiger partial charge in [0, 0.05) is 30.1 Å². The minimum absolute atomic E-state index is 0.784. The highest BCUT2D eigenvalue weighted by Gasteiger charge is 2.29. The summed E-state index contributed by atoms with van der Waals surface area (Å²) in [7, 11) is 0. The van der Waals surface area contributed by atoms with Crippen molar-refractivity contribution in [3.63, 3.8) is 0 Å². The number of nitrogens with zero attached hydrogens (tertiary/aromatic N) is 2. The largest absolute Gasteiger partial charge is 0.370 e. The Morgan fingerprint density at radius 3 is 2.74 bits per heavy atom. The molecule has 2 aliphatic heterocycles. The Morgan fingerprint density at radius 1 is 1.21 bits per heavy atom. The molecule has 2 fully saturated rings. The molecule has 0 N–H and O–H groups in total. The smallest absolute Gasteiger partial charge is 0.0408 e. The van der Waals surface area contributed by atoms with Crippen molar-refractivity contribution in [1.29, 1.82) is 0 Å². The van der Waals surface area contributed by atoms with E-state index in [1.807, 2.05) is 0 Å². The lowest BCUT2D eigenvalue weighted by atomic mass is 10.1. The molecular formula is C16H23BrN2. The number of rotatable bonds is 3. The normalized spacial score (nSPS) is 24.3. The third-order valence-corrected chi connectivity index (χ3v) is 5.14. The Morgan fingerprint density at radius 2 is 2.00 bits per heavy atom.